The summed E-state index contributed by atoms with van der Waals surface area (Å²) in [4.78, 5) is 0. The number of fused-ring (bicyclic) bond motifs is 4. The van der Waals surface area contributed by atoms with E-state index in [4.69, 9.17) is 5.73 Å². The van der Waals surface area contributed by atoms with Crippen molar-refractivity contribution >= 4 is 49.8 Å². The Hall–Kier alpha value is -6.00. The van der Waals surface area contributed by atoms with Gasteiger partial charge in [0.25, 0.3) is 0 Å². The van der Waals surface area contributed by atoms with Gasteiger partial charge < -0.3 is 11.1 Å². The Balaban J connectivity index is 1.20. The molecular formula is C46H37N3. The molecule has 0 bridgehead atoms. The van der Waals surface area contributed by atoms with Gasteiger partial charge in [-0.05, 0) is 78.8 Å². The molecular weight excluding hydrogens is 595 g/mol. The molecule has 0 heterocycles. The summed E-state index contributed by atoms with van der Waals surface area (Å²) in [6.45, 7) is 0. The second-order valence-electron chi connectivity index (χ2n) is 12.4. The Labute approximate surface area is 287 Å². The highest BCUT2D eigenvalue weighted by atomic mass is 15.1. The van der Waals surface area contributed by atoms with E-state index in [2.05, 4.69) is 174 Å². The average molecular weight is 632 g/mol. The Morgan fingerprint density at radius 1 is 0.490 bits per heavy atom. The molecule has 4 N–H and O–H groups in total. The Kier molecular flexibility index (Phi) is 8.43. The van der Waals surface area contributed by atoms with E-state index in [1.165, 1.54) is 37.9 Å². The van der Waals surface area contributed by atoms with Crippen LogP contribution in [0.5, 0.6) is 0 Å². The van der Waals surface area contributed by atoms with Gasteiger partial charge in [0.2, 0.25) is 0 Å². The Morgan fingerprint density at radius 2 is 1.16 bits per heavy atom. The molecule has 0 aromatic heterocycles. The van der Waals surface area contributed by atoms with Gasteiger partial charge in [0.15, 0.2) is 0 Å². The molecule has 0 amide bonds. The number of nitrogens with two attached hydrogens (primary N) is 1. The van der Waals surface area contributed by atoms with Crippen LogP contribution >= 0.6 is 0 Å². The summed E-state index contributed by atoms with van der Waals surface area (Å²) in [6.07, 6.45) is 4.11. The van der Waals surface area contributed by atoms with Crippen molar-refractivity contribution in [2.24, 2.45) is 5.73 Å². The maximum Gasteiger partial charge on any atom is 0.0817 e. The van der Waals surface area contributed by atoms with Gasteiger partial charge in [-0.3, -0.25) is 5.32 Å². The fourth-order valence-electron chi connectivity index (χ4n) is 6.84. The molecule has 0 saturated heterocycles. The first-order chi connectivity index (χ1) is 24.2. The molecule has 0 spiro atoms. The zero-order valence-electron chi connectivity index (χ0n) is 27.1. The number of rotatable bonds is 9. The molecule has 8 rings (SSSR count). The summed E-state index contributed by atoms with van der Waals surface area (Å²) < 4.78 is 0. The monoisotopic (exact) mass is 631 g/mol. The summed E-state index contributed by atoms with van der Waals surface area (Å²) in [5.74, 6) is 0. The van der Waals surface area contributed by atoms with Crippen LogP contribution in [0.1, 0.15) is 28.9 Å². The van der Waals surface area contributed by atoms with Crippen molar-refractivity contribution in [3.05, 3.63) is 199 Å². The van der Waals surface area contributed by atoms with E-state index in [1.54, 1.807) is 0 Å². The van der Waals surface area contributed by atoms with Crippen molar-refractivity contribution in [3.63, 3.8) is 0 Å². The third kappa shape index (κ3) is 6.33. The summed E-state index contributed by atoms with van der Waals surface area (Å²) in [5.41, 5.74) is 14.5. The van der Waals surface area contributed by atoms with Crippen molar-refractivity contribution in [2.45, 2.75) is 12.2 Å². The van der Waals surface area contributed by atoms with Crippen LogP contribution in [0.25, 0.3) is 49.5 Å². The predicted octanol–water partition coefficient (Wildman–Crippen LogP) is 11.6. The van der Waals surface area contributed by atoms with Crippen LogP contribution < -0.4 is 16.4 Å². The van der Waals surface area contributed by atoms with E-state index in [9.17, 15) is 0 Å². The van der Waals surface area contributed by atoms with Crippen molar-refractivity contribution in [1.82, 2.24) is 5.32 Å². The minimum atomic E-state index is -0.370. The minimum absolute atomic E-state index is 0.192. The summed E-state index contributed by atoms with van der Waals surface area (Å²) in [5, 5.41) is 15.0. The molecule has 0 radical (unpaired) electrons. The zero-order chi connectivity index (χ0) is 33.0. The normalized spacial score (nSPS) is 12.8. The lowest BCUT2D eigenvalue weighted by atomic mass is 9.95. The molecule has 3 heteroatoms. The van der Waals surface area contributed by atoms with Crippen molar-refractivity contribution in [3.8, 4) is 11.1 Å². The van der Waals surface area contributed by atoms with E-state index in [1.807, 2.05) is 24.3 Å². The Morgan fingerprint density at radius 3 is 1.98 bits per heavy atom. The van der Waals surface area contributed by atoms with Gasteiger partial charge in [-0.25, -0.2) is 0 Å². The molecule has 8 aromatic carbocycles. The van der Waals surface area contributed by atoms with E-state index in [-0.39, 0.29) is 12.2 Å². The second kappa shape index (κ2) is 13.6. The Bertz CT molecular complexity index is 2410. The quantitative estimate of drug-likeness (QED) is 0.0844. The molecule has 0 aliphatic carbocycles. The molecule has 236 valence electrons. The van der Waals surface area contributed by atoms with Gasteiger partial charge in [-0.15, -0.1) is 0 Å². The second-order valence-corrected chi connectivity index (χ2v) is 12.4. The summed E-state index contributed by atoms with van der Waals surface area (Å²) in [6, 6.07) is 61.7. The number of hydrogen-bond donors (Lipinski definition) is 3. The lowest BCUT2D eigenvalue weighted by Crippen LogP contribution is -2.31. The van der Waals surface area contributed by atoms with Crippen molar-refractivity contribution in [2.75, 3.05) is 5.32 Å². The first kappa shape index (κ1) is 30.3. The topological polar surface area (TPSA) is 50.1 Å². The van der Waals surface area contributed by atoms with Crippen LogP contribution in [-0.4, -0.2) is 0 Å². The highest BCUT2D eigenvalue weighted by Gasteiger charge is 2.18. The molecule has 0 aliphatic heterocycles. The van der Waals surface area contributed by atoms with E-state index in [0.717, 1.165) is 33.6 Å². The predicted molar refractivity (Wildman–Crippen MR) is 209 cm³/mol. The standard InChI is InChI=1S/C46H37N3/c47-46(34-16-5-2-6-17-34)49-45(41-22-10-12-25-44(41)48-43-24-11-9-21-39(43)32-14-3-1-4-15-32)29-27-33-20-13-23-40-38(33)28-26-37-30-35-18-7-8-19-36(35)31-42(37)40/h1-31,45-46,48-49H,47H2/b29-27+. The highest BCUT2D eigenvalue weighted by molar-refractivity contribution is 6.13. The number of anilines is 2. The highest BCUT2D eigenvalue weighted by Crippen LogP contribution is 2.35. The lowest BCUT2D eigenvalue weighted by Gasteiger charge is -2.25. The van der Waals surface area contributed by atoms with Gasteiger partial charge in [0, 0.05) is 16.9 Å². The molecule has 0 fully saturated rings. The van der Waals surface area contributed by atoms with Crippen LogP contribution in [0.3, 0.4) is 0 Å². The van der Waals surface area contributed by atoms with Gasteiger partial charge >= 0.3 is 0 Å². The maximum absolute atomic E-state index is 6.84. The van der Waals surface area contributed by atoms with Crippen molar-refractivity contribution in [1.29, 1.82) is 0 Å². The largest absolute Gasteiger partial charge is 0.355 e. The minimum Gasteiger partial charge on any atom is -0.355 e. The van der Waals surface area contributed by atoms with Gasteiger partial charge in [0.1, 0.15) is 0 Å². The molecule has 2 atom stereocenters. The average Bonchev–Trinajstić information content (AvgIpc) is 3.16. The molecule has 8 aromatic rings. The van der Waals surface area contributed by atoms with Crippen LogP contribution in [0, 0.1) is 0 Å². The lowest BCUT2D eigenvalue weighted by molar-refractivity contribution is 0.510. The fourth-order valence-corrected chi connectivity index (χ4v) is 6.84. The van der Waals surface area contributed by atoms with E-state index in [0.29, 0.717) is 0 Å². The summed E-state index contributed by atoms with van der Waals surface area (Å²) in [7, 11) is 0. The number of para-hydroxylation sites is 2. The molecule has 49 heavy (non-hydrogen) atoms. The number of nitrogens with one attached hydrogen (secondary N) is 2. The zero-order valence-corrected chi connectivity index (χ0v) is 27.1. The van der Waals surface area contributed by atoms with Crippen LogP contribution in [0.15, 0.2) is 182 Å². The van der Waals surface area contributed by atoms with Crippen LogP contribution in [0.4, 0.5) is 11.4 Å². The molecule has 3 nitrogen and oxygen atoms in total. The SMILES string of the molecule is NC(NC(/C=C/c1cccc2c1ccc1cc3ccccc3cc12)c1ccccc1Nc1ccccc1-c1ccccc1)c1ccccc1. The molecule has 0 aliphatic rings. The first-order valence-corrected chi connectivity index (χ1v) is 16.8. The third-order valence-electron chi connectivity index (χ3n) is 9.34. The van der Waals surface area contributed by atoms with Crippen LogP contribution in [0.2, 0.25) is 0 Å². The van der Waals surface area contributed by atoms with Crippen LogP contribution in [-0.2, 0) is 0 Å². The maximum atomic E-state index is 6.84. The van der Waals surface area contributed by atoms with E-state index >= 15 is 0 Å². The van der Waals surface area contributed by atoms with E-state index < -0.39 is 0 Å². The van der Waals surface area contributed by atoms with Gasteiger partial charge in [0.05, 0.1) is 12.2 Å². The third-order valence-corrected chi connectivity index (χ3v) is 9.34. The molecule has 2 unspecified atom stereocenters. The first-order valence-electron chi connectivity index (χ1n) is 16.8. The van der Waals surface area contributed by atoms with Gasteiger partial charge in [-0.2, -0.15) is 0 Å². The number of hydrogen-bond acceptors (Lipinski definition) is 3. The number of benzene rings is 8. The molecule has 0 saturated carbocycles. The van der Waals surface area contributed by atoms with Crippen molar-refractivity contribution < 1.29 is 0 Å². The van der Waals surface area contributed by atoms with Gasteiger partial charge in [-0.1, -0.05) is 164 Å². The fraction of sp³-hybridized carbons (Fsp3) is 0.0435. The smallest absolute Gasteiger partial charge is 0.0817 e. The summed E-state index contributed by atoms with van der Waals surface area (Å²) >= 11 is 0.